The minimum absolute atomic E-state index is 0.192. The summed E-state index contributed by atoms with van der Waals surface area (Å²) >= 11 is 0. The van der Waals surface area contributed by atoms with Gasteiger partial charge >= 0.3 is 0 Å². The van der Waals surface area contributed by atoms with E-state index in [1.807, 2.05) is 17.7 Å². The summed E-state index contributed by atoms with van der Waals surface area (Å²) in [4.78, 5) is 2.44. The zero-order chi connectivity index (χ0) is 15.4. The highest BCUT2D eigenvalue weighted by Crippen LogP contribution is 2.25. The second-order valence-corrected chi connectivity index (χ2v) is 5.83. The van der Waals surface area contributed by atoms with Crippen LogP contribution in [-0.4, -0.2) is 39.3 Å². The van der Waals surface area contributed by atoms with Gasteiger partial charge in [0.05, 0.1) is 0 Å². The van der Waals surface area contributed by atoms with Crippen molar-refractivity contribution in [3.8, 4) is 0 Å². The maximum Gasteiger partial charge on any atom is 0.135 e. The Labute approximate surface area is 130 Å². The van der Waals surface area contributed by atoms with Gasteiger partial charge in [-0.05, 0) is 43.6 Å². The van der Waals surface area contributed by atoms with Crippen LogP contribution in [0.1, 0.15) is 30.1 Å². The van der Waals surface area contributed by atoms with Gasteiger partial charge in [0.2, 0.25) is 0 Å². The molecule has 1 fully saturated rings. The molecule has 0 bridgehead atoms. The highest BCUT2D eigenvalue weighted by atomic mass is 19.1. The molecular formula is C17H21FN4. The van der Waals surface area contributed by atoms with E-state index in [0.29, 0.717) is 5.92 Å². The average Bonchev–Trinajstić information content (AvgIpc) is 2.96. The van der Waals surface area contributed by atoms with E-state index in [1.54, 1.807) is 18.5 Å². The maximum atomic E-state index is 12.8. The first-order valence-electron chi connectivity index (χ1n) is 7.71. The summed E-state index contributed by atoms with van der Waals surface area (Å²) in [5, 5.41) is 8.19. The van der Waals surface area contributed by atoms with Crippen molar-refractivity contribution in [2.24, 2.45) is 7.05 Å². The highest BCUT2D eigenvalue weighted by Gasteiger charge is 2.22. The number of rotatable bonds is 4. The van der Waals surface area contributed by atoms with Crippen molar-refractivity contribution in [1.29, 1.82) is 0 Å². The van der Waals surface area contributed by atoms with E-state index in [0.717, 1.165) is 43.9 Å². The third kappa shape index (κ3) is 3.60. The summed E-state index contributed by atoms with van der Waals surface area (Å²) in [6.07, 6.45) is 8.21. The normalized spacial score (nSPS) is 17.4. The van der Waals surface area contributed by atoms with E-state index in [2.05, 4.69) is 21.2 Å². The summed E-state index contributed by atoms with van der Waals surface area (Å²) in [5.41, 5.74) is 1.04. The number of aryl methyl sites for hydroxylation is 1. The van der Waals surface area contributed by atoms with Gasteiger partial charge in [0.1, 0.15) is 18.0 Å². The highest BCUT2D eigenvalue weighted by molar-refractivity contribution is 5.48. The lowest BCUT2D eigenvalue weighted by molar-refractivity contribution is 0.227. The monoisotopic (exact) mass is 300 g/mol. The molecule has 0 unspecified atom stereocenters. The van der Waals surface area contributed by atoms with Crippen LogP contribution in [0, 0.1) is 5.82 Å². The van der Waals surface area contributed by atoms with Gasteiger partial charge in [-0.1, -0.05) is 24.3 Å². The number of aromatic nitrogens is 3. The largest absolute Gasteiger partial charge is 0.320 e. The van der Waals surface area contributed by atoms with E-state index in [1.165, 1.54) is 12.1 Å². The SMILES string of the molecule is Cn1cnnc1C1CCN(C/C=C/c2ccc(F)cc2)CC1. The minimum Gasteiger partial charge on any atom is -0.320 e. The lowest BCUT2D eigenvalue weighted by Gasteiger charge is -2.30. The average molecular weight is 300 g/mol. The van der Waals surface area contributed by atoms with Gasteiger partial charge in [-0.2, -0.15) is 0 Å². The van der Waals surface area contributed by atoms with Crippen molar-refractivity contribution in [1.82, 2.24) is 19.7 Å². The minimum atomic E-state index is -0.192. The molecule has 1 saturated heterocycles. The number of hydrogen-bond acceptors (Lipinski definition) is 3. The summed E-state index contributed by atoms with van der Waals surface area (Å²) in [7, 11) is 2.01. The molecule has 5 heteroatoms. The Bertz CT molecular complexity index is 624. The Balaban J connectivity index is 1.48. The molecule has 0 aliphatic carbocycles. The van der Waals surface area contributed by atoms with Gasteiger partial charge in [0.25, 0.3) is 0 Å². The first-order chi connectivity index (χ1) is 10.7. The van der Waals surface area contributed by atoms with Crippen LogP contribution >= 0.6 is 0 Å². The van der Waals surface area contributed by atoms with Crippen LogP contribution in [0.25, 0.3) is 6.08 Å². The summed E-state index contributed by atoms with van der Waals surface area (Å²) in [6, 6.07) is 6.58. The van der Waals surface area contributed by atoms with E-state index >= 15 is 0 Å². The van der Waals surface area contributed by atoms with Crippen LogP contribution < -0.4 is 0 Å². The quantitative estimate of drug-likeness (QED) is 0.870. The molecule has 1 aromatic heterocycles. The predicted octanol–water partition coefficient (Wildman–Crippen LogP) is 2.85. The molecule has 0 saturated carbocycles. The van der Waals surface area contributed by atoms with E-state index in [9.17, 15) is 4.39 Å². The number of benzene rings is 1. The fourth-order valence-electron chi connectivity index (χ4n) is 2.95. The van der Waals surface area contributed by atoms with Crippen LogP contribution in [0.4, 0.5) is 4.39 Å². The molecule has 116 valence electrons. The fourth-order valence-corrected chi connectivity index (χ4v) is 2.95. The Morgan fingerprint density at radius 3 is 2.59 bits per heavy atom. The second-order valence-electron chi connectivity index (χ2n) is 5.83. The molecule has 1 aliphatic heterocycles. The van der Waals surface area contributed by atoms with Gasteiger partial charge in [0, 0.05) is 19.5 Å². The molecule has 22 heavy (non-hydrogen) atoms. The van der Waals surface area contributed by atoms with Gasteiger partial charge in [-0.15, -0.1) is 10.2 Å². The third-order valence-electron chi connectivity index (χ3n) is 4.24. The predicted molar refractivity (Wildman–Crippen MR) is 84.9 cm³/mol. The van der Waals surface area contributed by atoms with Gasteiger partial charge in [-0.3, -0.25) is 4.90 Å². The molecule has 2 aromatic rings. The molecule has 0 N–H and O–H groups in total. The van der Waals surface area contributed by atoms with Crippen molar-refractivity contribution < 1.29 is 4.39 Å². The van der Waals surface area contributed by atoms with Crippen LogP contribution in [0.2, 0.25) is 0 Å². The molecule has 2 heterocycles. The molecule has 1 aromatic carbocycles. The zero-order valence-electron chi connectivity index (χ0n) is 12.8. The number of piperidine rings is 1. The molecule has 0 spiro atoms. The summed E-state index contributed by atoms with van der Waals surface area (Å²) in [6.45, 7) is 3.08. The fraction of sp³-hybridized carbons (Fsp3) is 0.412. The third-order valence-corrected chi connectivity index (χ3v) is 4.24. The van der Waals surface area contributed by atoms with Crippen molar-refractivity contribution in [3.63, 3.8) is 0 Å². The molecule has 0 amide bonds. The van der Waals surface area contributed by atoms with E-state index in [4.69, 9.17) is 0 Å². The topological polar surface area (TPSA) is 34.0 Å². The number of likely N-dealkylation sites (tertiary alicyclic amines) is 1. The van der Waals surface area contributed by atoms with E-state index < -0.39 is 0 Å². The van der Waals surface area contributed by atoms with Gasteiger partial charge in [0.15, 0.2) is 0 Å². The van der Waals surface area contributed by atoms with Crippen LogP contribution in [0.5, 0.6) is 0 Å². The molecule has 4 nitrogen and oxygen atoms in total. The number of nitrogens with zero attached hydrogens (tertiary/aromatic N) is 4. The van der Waals surface area contributed by atoms with Crippen LogP contribution in [0.3, 0.4) is 0 Å². The summed E-state index contributed by atoms with van der Waals surface area (Å²) in [5.74, 6) is 1.43. The molecule has 0 radical (unpaired) electrons. The lowest BCUT2D eigenvalue weighted by atomic mass is 9.96. The number of halogens is 1. The molecule has 3 rings (SSSR count). The molecule has 0 atom stereocenters. The Kier molecular flexibility index (Phi) is 4.63. The van der Waals surface area contributed by atoms with Crippen molar-refractivity contribution in [3.05, 3.63) is 53.9 Å². The zero-order valence-corrected chi connectivity index (χ0v) is 12.8. The van der Waals surface area contributed by atoms with Gasteiger partial charge in [-0.25, -0.2) is 4.39 Å². The van der Waals surface area contributed by atoms with Crippen LogP contribution in [0.15, 0.2) is 36.7 Å². The van der Waals surface area contributed by atoms with Crippen molar-refractivity contribution >= 4 is 6.08 Å². The smallest absolute Gasteiger partial charge is 0.135 e. The Hall–Kier alpha value is -2.01. The Morgan fingerprint density at radius 2 is 1.95 bits per heavy atom. The van der Waals surface area contributed by atoms with Crippen LogP contribution in [-0.2, 0) is 7.05 Å². The molecule has 1 aliphatic rings. The van der Waals surface area contributed by atoms with E-state index in [-0.39, 0.29) is 5.82 Å². The van der Waals surface area contributed by atoms with Gasteiger partial charge < -0.3 is 4.57 Å². The maximum absolute atomic E-state index is 12.8. The molecular weight excluding hydrogens is 279 g/mol. The second kappa shape index (κ2) is 6.83. The Morgan fingerprint density at radius 1 is 1.23 bits per heavy atom. The standard InChI is InChI=1S/C17H21FN4/c1-21-13-19-20-17(21)15-8-11-22(12-9-15)10-2-3-14-4-6-16(18)7-5-14/h2-7,13,15H,8-12H2,1H3/b3-2+. The van der Waals surface area contributed by atoms with Crippen molar-refractivity contribution in [2.75, 3.05) is 19.6 Å². The first-order valence-corrected chi connectivity index (χ1v) is 7.71. The lowest BCUT2D eigenvalue weighted by Crippen LogP contribution is -2.33. The summed E-state index contributed by atoms with van der Waals surface area (Å²) < 4.78 is 14.9. The number of hydrogen-bond donors (Lipinski definition) is 0. The first kappa shape index (κ1) is 14.9. The van der Waals surface area contributed by atoms with Crippen molar-refractivity contribution in [2.45, 2.75) is 18.8 Å².